The molecule has 0 saturated heterocycles. The van der Waals surface area contributed by atoms with E-state index in [1.807, 2.05) is 24.3 Å². The van der Waals surface area contributed by atoms with Crippen molar-refractivity contribution in [3.05, 3.63) is 36.4 Å². The number of benzene rings is 1. The normalized spacial score (nSPS) is 11.1. The van der Waals surface area contributed by atoms with Crippen LogP contribution in [-0.4, -0.2) is 48.6 Å². The minimum absolute atomic E-state index is 0.661. The molecule has 0 fully saturated rings. The molecule has 0 amide bonds. The lowest BCUT2D eigenvalue weighted by molar-refractivity contribution is 0.405. The molecular weight excluding hydrogens is 310 g/mol. The summed E-state index contributed by atoms with van der Waals surface area (Å²) < 4.78 is 0. The molecule has 1 heterocycles. The summed E-state index contributed by atoms with van der Waals surface area (Å²) in [7, 11) is 4.18. The van der Waals surface area contributed by atoms with Gasteiger partial charge in [0.05, 0.1) is 5.69 Å². The highest BCUT2D eigenvalue weighted by Crippen LogP contribution is 2.21. The van der Waals surface area contributed by atoms with Crippen LogP contribution < -0.4 is 10.6 Å². The van der Waals surface area contributed by atoms with Gasteiger partial charge in [0.15, 0.2) is 0 Å². The maximum Gasteiger partial charge on any atom is 0.225 e. The van der Waals surface area contributed by atoms with Gasteiger partial charge >= 0.3 is 0 Å². The molecule has 0 aliphatic rings. The predicted octanol–water partition coefficient (Wildman–Crippen LogP) is 3.97. The minimum atomic E-state index is 0.661. The Kier molecular flexibility index (Phi) is 7.67. The van der Waals surface area contributed by atoms with Crippen LogP contribution in [0.4, 0.5) is 11.8 Å². The third-order valence-corrected chi connectivity index (χ3v) is 3.89. The first-order valence-electron chi connectivity index (χ1n) is 9.11. The molecule has 0 saturated carbocycles. The first-order chi connectivity index (χ1) is 12.0. The van der Waals surface area contributed by atoms with Crippen molar-refractivity contribution in [2.24, 2.45) is 5.92 Å². The standard InChI is InChI=1S/C20H31N5/c1-16(2)11-13-22-20-23-18(17-9-6-5-7-10-17)15-19(24-20)21-12-8-14-25(3)4/h5-7,9-10,15-16H,8,11-14H2,1-4H3,(H2,21,22,23,24). The summed E-state index contributed by atoms with van der Waals surface area (Å²) in [5, 5.41) is 6.80. The van der Waals surface area contributed by atoms with Crippen molar-refractivity contribution in [3.8, 4) is 11.3 Å². The molecule has 0 radical (unpaired) electrons. The van der Waals surface area contributed by atoms with Gasteiger partial charge in [0.2, 0.25) is 5.95 Å². The molecule has 0 aliphatic heterocycles. The molecule has 0 spiro atoms. The van der Waals surface area contributed by atoms with Crippen molar-refractivity contribution in [2.45, 2.75) is 26.7 Å². The molecular formula is C20H31N5. The second-order valence-corrected chi connectivity index (χ2v) is 7.02. The van der Waals surface area contributed by atoms with Crippen LogP contribution in [0.15, 0.2) is 36.4 Å². The van der Waals surface area contributed by atoms with E-state index in [2.05, 4.69) is 65.6 Å². The van der Waals surface area contributed by atoms with E-state index in [1.54, 1.807) is 0 Å². The molecule has 5 nitrogen and oxygen atoms in total. The Hall–Kier alpha value is -2.14. The molecule has 136 valence electrons. The Balaban J connectivity index is 2.10. The maximum atomic E-state index is 4.69. The Labute approximate surface area is 151 Å². The highest BCUT2D eigenvalue weighted by Gasteiger charge is 2.07. The number of rotatable bonds is 10. The summed E-state index contributed by atoms with van der Waals surface area (Å²) in [6, 6.07) is 12.3. The Morgan fingerprint density at radius 1 is 1.00 bits per heavy atom. The molecule has 0 atom stereocenters. The van der Waals surface area contributed by atoms with Crippen LogP contribution in [0.5, 0.6) is 0 Å². The fraction of sp³-hybridized carbons (Fsp3) is 0.500. The van der Waals surface area contributed by atoms with Crippen LogP contribution in [0, 0.1) is 5.92 Å². The molecule has 2 N–H and O–H groups in total. The van der Waals surface area contributed by atoms with Crippen molar-refractivity contribution in [1.82, 2.24) is 14.9 Å². The smallest absolute Gasteiger partial charge is 0.225 e. The van der Waals surface area contributed by atoms with Crippen molar-refractivity contribution in [2.75, 3.05) is 44.4 Å². The summed E-state index contributed by atoms with van der Waals surface area (Å²) in [6.45, 7) is 7.29. The number of nitrogens with one attached hydrogen (secondary N) is 2. The number of hydrogen-bond acceptors (Lipinski definition) is 5. The van der Waals surface area contributed by atoms with Crippen LogP contribution in [0.1, 0.15) is 26.7 Å². The average molecular weight is 342 g/mol. The van der Waals surface area contributed by atoms with Crippen molar-refractivity contribution in [1.29, 1.82) is 0 Å². The maximum absolute atomic E-state index is 4.69. The van der Waals surface area contributed by atoms with Crippen LogP contribution in [0.2, 0.25) is 0 Å². The van der Waals surface area contributed by atoms with Gasteiger partial charge < -0.3 is 15.5 Å². The molecule has 5 heteroatoms. The Bertz CT molecular complexity index is 625. The van der Waals surface area contributed by atoms with Gasteiger partial charge in [-0.05, 0) is 39.4 Å². The predicted molar refractivity (Wildman–Crippen MR) is 107 cm³/mol. The molecule has 0 unspecified atom stereocenters. The van der Waals surface area contributed by atoms with Gasteiger partial charge in [0.25, 0.3) is 0 Å². The summed E-state index contributed by atoms with van der Waals surface area (Å²) in [4.78, 5) is 11.5. The Morgan fingerprint density at radius 2 is 1.76 bits per heavy atom. The van der Waals surface area contributed by atoms with Crippen molar-refractivity contribution < 1.29 is 0 Å². The fourth-order valence-electron chi connectivity index (χ4n) is 2.46. The van der Waals surface area contributed by atoms with E-state index in [0.717, 1.165) is 49.6 Å². The topological polar surface area (TPSA) is 53.1 Å². The van der Waals surface area contributed by atoms with Crippen LogP contribution in [-0.2, 0) is 0 Å². The minimum Gasteiger partial charge on any atom is -0.370 e. The summed E-state index contributed by atoms with van der Waals surface area (Å²) in [5.41, 5.74) is 2.05. The van der Waals surface area contributed by atoms with Gasteiger partial charge in [0.1, 0.15) is 5.82 Å². The first kappa shape index (κ1) is 19.2. The second kappa shape index (κ2) is 9.99. The zero-order valence-electron chi connectivity index (χ0n) is 15.9. The van der Waals surface area contributed by atoms with Crippen LogP contribution in [0.3, 0.4) is 0 Å². The van der Waals surface area contributed by atoms with E-state index in [4.69, 9.17) is 0 Å². The van der Waals surface area contributed by atoms with E-state index >= 15 is 0 Å². The molecule has 1 aromatic carbocycles. The lowest BCUT2D eigenvalue weighted by Crippen LogP contribution is -2.17. The highest BCUT2D eigenvalue weighted by atomic mass is 15.1. The number of aromatic nitrogens is 2. The molecule has 0 bridgehead atoms. The largest absolute Gasteiger partial charge is 0.370 e. The quantitative estimate of drug-likeness (QED) is 0.641. The first-order valence-corrected chi connectivity index (χ1v) is 9.11. The van der Waals surface area contributed by atoms with Gasteiger partial charge in [-0.2, -0.15) is 4.98 Å². The monoisotopic (exact) mass is 341 g/mol. The van der Waals surface area contributed by atoms with Crippen LogP contribution in [0.25, 0.3) is 11.3 Å². The zero-order valence-corrected chi connectivity index (χ0v) is 15.9. The summed E-state index contributed by atoms with van der Waals surface area (Å²) in [6.07, 6.45) is 2.18. The molecule has 2 aromatic rings. The van der Waals surface area contributed by atoms with E-state index in [0.29, 0.717) is 11.9 Å². The van der Waals surface area contributed by atoms with Gasteiger partial charge in [-0.1, -0.05) is 44.2 Å². The average Bonchev–Trinajstić information content (AvgIpc) is 2.59. The summed E-state index contributed by atoms with van der Waals surface area (Å²) >= 11 is 0. The molecule has 0 aliphatic carbocycles. The molecule has 2 rings (SSSR count). The molecule has 1 aromatic heterocycles. The van der Waals surface area contributed by atoms with Gasteiger partial charge in [-0.3, -0.25) is 0 Å². The SMILES string of the molecule is CC(C)CCNc1nc(NCCCN(C)C)cc(-c2ccccc2)n1. The van der Waals surface area contributed by atoms with E-state index in [9.17, 15) is 0 Å². The third-order valence-electron chi connectivity index (χ3n) is 3.89. The zero-order chi connectivity index (χ0) is 18.1. The number of nitrogens with zero attached hydrogens (tertiary/aromatic N) is 3. The lowest BCUT2D eigenvalue weighted by atomic mass is 10.1. The Morgan fingerprint density at radius 3 is 2.44 bits per heavy atom. The highest BCUT2D eigenvalue weighted by molar-refractivity contribution is 5.64. The second-order valence-electron chi connectivity index (χ2n) is 7.02. The number of anilines is 2. The van der Waals surface area contributed by atoms with E-state index in [1.165, 1.54) is 0 Å². The fourth-order valence-corrected chi connectivity index (χ4v) is 2.46. The molecule has 25 heavy (non-hydrogen) atoms. The summed E-state index contributed by atoms with van der Waals surface area (Å²) in [5.74, 6) is 2.23. The lowest BCUT2D eigenvalue weighted by Gasteiger charge is -2.13. The van der Waals surface area contributed by atoms with Gasteiger partial charge in [0, 0.05) is 24.7 Å². The number of hydrogen-bond donors (Lipinski definition) is 2. The van der Waals surface area contributed by atoms with Crippen molar-refractivity contribution >= 4 is 11.8 Å². The van der Waals surface area contributed by atoms with Gasteiger partial charge in [-0.25, -0.2) is 4.98 Å². The third kappa shape index (κ3) is 7.10. The van der Waals surface area contributed by atoms with E-state index < -0.39 is 0 Å². The van der Waals surface area contributed by atoms with Crippen LogP contribution >= 0.6 is 0 Å². The van der Waals surface area contributed by atoms with E-state index in [-0.39, 0.29) is 0 Å². The van der Waals surface area contributed by atoms with Crippen molar-refractivity contribution in [3.63, 3.8) is 0 Å². The van der Waals surface area contributed by atoms with Gasteiger partial charge in [-0.15, -0.1) is 0 Å².